The second-order valence-corrected chi connectivity index (χ2v) is 7.44. The number of rotatable bonds is 5. The summed E-state index contributed by atoms with van der Waals surface area (Å²) < 4.78 is 17.1. The molecule has 4 rings (SSSR count). The first kappa shape index (κ1) is 18.2. The Labute approximate surface area is 163 Å². The number of anilines is 1. The summed E-state index contributed by atoms with van der Waals surface area (Å²) in [5.41, 5.74) is 1.93. The van der Waals surface area contributed by atoms with E-state index in [1.54, 1.807) is 18.2 Å². The van der Waals surface area contributed by atoms with Gasteiger partial charge in [-0.2, -0.15) is 0 Å². The third kappa shape index (κ3) is 3.74. The molecule has 0 aliphatic carbocycles. The van der Waals surface area contributed by atoms with Gasteiger partial charge in [-0.1, -0.05) is 12.1 Å². The molecule has 2 heterocycles. The Morgan fingerprint density at radius 3 is 3.00 bits per heavy atom. The van der Waals surface area contributed by atoms with Crippen molar-refractivity contribution < 1.29 is 23.8 Å². The molecule has 0 atom stereocenters. The molecule has 2 aromatic carbocycles. The van der Waals surface area contributed by atoms with Crippen molar-refractivity contribution in [2.75, 3.05) is 25.1 Å². The molecule has 0 unspecified atom stereocenters. The monoisotopic (exact) mass is 382 g/mol. The first-order valence-electron chi connectivity index (χ1n) is 9.20. The van der Waals surface area contributed by atoms with E-state index in [1.807, 2.05) is 32.0 Å². The molecule has 2 aromatic rings. The van der Waals surface area contributed by atoms with Crippen molar-refractivity contribution in [3.8, 4) is 17.2 Å². The number of nitrogens with one attached hydrogen (secondary N) is 2. The van der Waals surface area contributed by atoms with E-state index in [1.165, 1.54) is 0 Å². The van der Waals surface area contributed by atoms with Crippen LogP contribution in [-0.4, -0.2) is 37.2 Å². The molecule has 2 aliphatic heterocycles. The van der Waals surface area contributed by atoms with E-state index in [9.17, 15) is 9.59 Å². The van der Waals surface area contributed by atoms with Crippen LogP contribution in [0.5, 0.6) is 17.2 Å². The van der Waals surface area contributed by atoms with Crippen LogP contribution in [0, 0.1) is 0 Å². The number of hydrogen-bond donors (Lipinski definition) is 2. The minimum Gasteiger partial charge on any atom is -0.488 e. The maximum atomic E-state index is 12.3. The Balaban J connectivity index is 1.31. The minimum atomic E-state index is -0.234. The predicted molar refractivity (Wildman–Crippen MR) is 103 cm³/mol. The summed E-state index contributed by atoms with van der Waals surface area (Å²) >= 11 is 0. The molecule has 28 heavy (non-hydrogen) atoms. The minimum absolute atomic E-state index is 0.0494. The Bertz CT molecular complexity index is 938. The normalized spacial score (nSPS) is 16.1. The number of ether oxygens (including phenoxy) is 3. The fraction of sp³-hybridized carbons (Fsp3) is 0.333. The first-order chi connectivity index (χ1) is 13.4. The second-order valence-electron chi connectivity index (χ2n) is 7.44. The molecule has 7 nitrogen and oxygen atoms in total. The average Bonchev–Trinajstić information content (AvgIpc) is 2.99. The van der Waals surface area contributed by atoms with E-state index < -0.39 is 0 Å². The highest BCUT2D eigenvalue weighted by molar-refractivity contribution is 5.98. The van der Waals surface area contributed by atoms with Crippen LogP contribution in [0.1, 0.15) is 29.8 Å². The summed E-state index contributed by atoms with van der Waals surface area (Å²) in [7, 11) is 0. The van der Waals surface area contributed by atoms with E-state index in [0.717, 1.165) is 17.7 Å². The number of benzene rings is 2. The Hall–Kier alpha value is -3.22. The van der Waals surface area contributed by atoms with Crippen LogP contribution in [-0.2, 0) is 11.2 Å². The smallest absolute Gasteiger partial charge is 0.262 e. The molecular formula is C21H22N2O5. The zero-order chi connectivity index (χ0) is 19.7. The highest BCUT2D eigenvalue weighted by Gasteiger charge is 2.32. The van der Waals surface area contributed by atoms with Gasteiger partial charge in [-0.15, -0.1) is 0 Å². The van der Waals surface area contributed by atoms with Gasteiger partial charge in [0.1, 0.15) is 18.0 Å². The van der Waals surface area contributed by atoms with Crippen molar-refractivity contribution >= 4 is 17.5 Å². The molecule has 0 radical (unpaired) electrons. The lowest BCUT2D eigenvalue weighted by molar-refractivity contribution is -0.118. The second kappa shape index (κ2) is 7.07. The summed E-state index contributed by atoms with van der Waals surface area (Å²) in [4.78, 5) is 23.6. The fourth-order valence-electron chi connectivity index (χ4n) is 3.34. The van der Waals surface area contributed by atoms with Crippen LogP contribution >= 0.6 is 0 Å². The van der Waals surface area contributed by atoms with Crippen LogP contribution in [0.25, 0.3) is 0 Å². The van der Waals surface area contributed by atoms with Crippen molar-refractivity contribution in [3.63, 3.8) is 0 Å². The molecule has 7 heteroatoms. The van der Waals surface area contributed by atoms with Gasteiger partial charge in [-0.3, -0.25) is 9.59 Å². The molecule has 0 aromatic heterocycles. The van der Waals surface area contributed by atoms with Gasteiger partial charge in [0.15, 0.2) is 18.1 Å². The van der Waals surface area contributed by atoms with E-state index >= 15 is 0 Å². The lowest BCUT2D eigenvalue weighted by atomic mass is 10.0. The van der Waals surface area contributed by atoms with Gasteiger partial charge in [0.05, 0.1) is 12.2 Å². The van der Waals surface area contributed by atoms with E-state index in [-0.39, 0.29) is 24.0 Å². The van der Waals surface area contributed by atoms with Crippen LogP contribution in [0.2, 0.25) is 0 Å². The Morgan fingerprint density at radius 2 is 2.14 bits per heavy atom. The first-order valence-corrected chi connectivity index (χ1v) is 9.20. The van der Waals surface area contributed by atoms with Crippen molar-refractivity contribution in [3.05, 3.63) is 47.5 Å². The van der Waals surface area contributed by atoms with E-state index in [0.29, 0.717) is 35.9 Å². The molecule has 0 saturated carbocycles. The third-order valence-corrected chi connectivity index (χ3v) is 4.58. The number of hydrogen-bond acceptors (Lipinski definition) is 5. The standard InChI is InChI=1S/C21H22N2O5/c1-21(2)11-14-4-3-5-16(19(14)28-21)26-9-8-22-20(25)13-6-7-15-17(10-13)27-12-18(24)23-15/h3-7,10H,8-9,11-12H2,1-2H3,(H,22,25)(H,23,24). The highest BCUT2D eigenvalue weighted by Crippen LogP contribution is 2.41. The van der Waals surface area contributed by atoms with Crippen LogP contribution in [0.4, 0.5) is 5.69 Å². The van der Waals surface area contributed by atoms with E-state index in [2.05, 4.69) is 10.6 Å². The molecule has 2 aliphatic rings. The van der Waals surface area contributed by atoms with Gasteiger partial charge >= 0.3 is 0 Å². The van der Waals surface area contributed by atoms with Gasteiger partial charge in [-0.05, 0) is 38.1 Å². The summed E-state index contributed by atoms with van der Waals surface area (Å²) in [5.74, 6) is 1.52. The van der Waals surface area contributed by atoms with Crippen LogP contribution in [0.3, 0.4) is 0 Å². The zero-order valence-electron chi connectivity index (χ0n) is 15.8. The maximum Gasteiger partial charge on any atom is 0.262 e. The third-order valence-electron chi connectivity index (χ3n) is 4.58. The Morgan fingerprint density at radius 1 is 1.29 bits per heavy atom. The van der Waals surface area contributed by atoms with Crippen molar-refractivity contribution in [1.29, 1.82) is 0 Å². The number of fused-ring (bicyclic) bond motifs is 2. The summed E-state index contributed by atoms with van der Waals surface area (Å²) in [6, 6.07) is 10.8. The topological polar surface area (TPSA) is 85.9 Å². The largest absolute Gasteiger partial charge is 0.488 e. The number of amides is 2. The molecule has 2 amide bonds. The highest BCUT2D eigenvalue weighted by atomic mass is 16.5. The summed E-state index contributed by atoms with van der Waals surface area (Å²) in [5, 5.41) is 5.52. The van der Waals surface area contributed by atoms with Crippen molar-refractivity contribution in [1.82, 2.24) is 5.32 Å². The lowest BCUT2D eigenvalue weighted by Gasteiger charge is -2.18. The van der Waals surface area contributed by atoms with Crippen LogP contribution in [0.15, 0.2) is 36.4 Å². The molecule has 0 fully saturated rings. The lowest BCUT2D eigenvalue weighted by Crippen LogP contribution is -2.29. The van der Waals surface area contributed by atoms with Crippen molar-refractivity contribution in [2.24, 2.45) is 0 Å². The van der Waals surface area contributed by atoms with E-state index in [4.69, 9.17) is 14.2 Å². The van der Waals surface area contributed by atoms with Gasteiger partial charge in [0.25, 0.3) is 11.8 Å². The molecule has 2 N–H and O–H groups in total. The van der Waals surface area contributed by atoms with Crippen molar-refractivity contribution in [2.45, 2.75) is 25.9 Å². The Kier molecular flexibility index (Phi) is 4.58. The van der Waals surface area contributed by atoms with Crippen LogP contribution < -0.4 is 24.8 Å². The van der Waals surface area contributed by atoms with Gasteiger partial charge in [0.2, 0.25) is 0 Å². The summed E-state index contributed by atoms with van der Waals surface area (Å²) in [6.07, 6.45) is 0.844. The molecular weight excluding hydrogens is 360 g/mol. The predicted octanol–water partition coefficient (Wildman–Crippen LogP) is 2.54. The average molecular weight is 382 g/mol. The number of carbonyl (C=O) groups excluding carboxylic acids is 2. The SMILES string of the molecule is CC1(C)Cc2cccc(OCCNC(=O)c3ccc4c(c3)OCC(=O)N4)c2O1. The molecule has 0 saturated heterocycles. The molecule has 146 valence electrons. The molecule has 0 bridgehead atoms. The van der Waals surface area contributed by atoms with Gasteiger partial charge < -0.3 is 24.8 Å². The fourth-order valence-corrected chi connectivity index (χ4v) is 3.34. The quantitative estimate of drug-likeness (QED) is 0.776. The van der Waals surface area contributed by atoms with Gasteiger partial charge in [0, 0.05) is 17.5 Å². The molecule has 0 spiro atoms. The number of para-hydroxylation sites is 1. The maximum absolute atomic E-state index is 12.3. The number of carbonyl (C=O) groups is 2. The summed E-state index contributed by atoms with van der Waals surface area (Å²) in [6.45, 7) is 4.71. The van der Waals surface area contributed by atoms with Gasteiger partial charge in [-0.25, -0.2) is 0 Å². The zero-order valence-corrected chi connectivity index (χ0v) is 15.8.